The van der Waals surface area contributed by atoms with Crippen LogP contribution in [-0.4, -0.2) is 24.7 Å². The summed E-state index contributed by atoms with van der Waals surface area (Å²) in [5.41, 5.74) is 0.928. The van der Waals surface area contributed by atoms with Crippen LogP contribution in [0.3, 0.4) is 0 Å². The molecule has 0 spiro atoms. The van der Waals surface area contributed by atoms with Gasteiger partial charge in [0.25, 0.3) is 0 Å². The van der Waals surface area contributed by atoms with E-state index in [-0.39, 0.29) is 25.2 Å². The first-order valence-electron chi connectivity index (χ1n) is 7.22. The van der Waals surface area contributed by atoms with Crippen molar-refractivity contribution in [2.24, 2.45) is 0 Å². The van der Waals surface area contributed by atoms with Gasteiger partial charge in [-0.15, -0.1) is 0 Å². The second-order valence-corrected chi connectivity index (χ2v) is 4.85. The zero-order valence-electron chi connectivity index (χ0n) is 12.6. The monoisotopic (exact) mass is 293 g/mol. The molecule has 1 rings (SSSR count). The molecule has 1 aromatic rings. The SMILES string of the molecule is CCCCC(COC(C)=O)NC(=O)OCc1ccccc1. The van der Waals surface area contributed by atoms with Gasteiger partial charge in [0.05, 0.1) is 6.04 Å². The van der Waals surface area contributed by atoms with E-state index in [9.17, 15) is 9.59 Å². The van der Waals surface area contributed by atoms with Crippen LogP contribution in [-0.2, 0) is 20.9 Å². The largest absolute Gasteiger partial charge is 0.464 e. The molecule has 0 fully saturated rings. The van der Waals surface area contributed by atoms with E-state index >= 15 is 0 Å². The van der Waals surface area contributed by atoms with Crippen molar-refractivity contribution in [3.8, 4) is 0 Å². The normalized spacial score (nSPS) is 11.5. The number of benzene rings is 1. The number of amides is 1. The lowest BCUT2D eigenvalue weighted by molar-refractivity contribution is -0.141. The molecule has 0 aromatic heterocycles. The van der Waals surface area contributed by atoms with E-state index in [0.717, 1.165) is 24.8 Å². The molecular formula is C16H23NO4. The maximum atomic E-state index is 11.8. The van der Waals surface area contributed by atoms with E-state index in [2.05, 4.69) is 12.2 Å². The molecule has 116 valence electrons. The lowest BCUT2D eigenvalue weighted by Crippen LogP contribution is -2.39. The number of alkyl carbamates (subject to hydrolysis) is 1. The molecule has 0 saturated heterocycles. The van der Waals surface area contributed by atoms with Crippen LogP contribution < -0.4 is 5.32 Å². The molecule has 0 aliphatic carbocycles. The highest BCUT2D eigenvalue weighted by molar-refractivity contribution is 5.68. The predicted molar refractivity (Wildman–Crippen MR) is 79.7 cm³/mol. The zero-order chi connectivity index (χ0) is 15.5. The maximum Gasteiger partial charge on any atom is 0.407 e. The smallest absolute Gasteiger partial charge is 0.407 e. The summed E-state index contributed by atoms with van der Waals surface area (Å²) in [7, 11) is 0. The third-order valence-corrected chi connectivity index (χ3v) is 2.93. The number of ether oxygens (including phenoxy) is 2. The second-order valence-electron chi connectivity index (χ2n) is 4.85. The molecule has 1 aromatic carbocycles. The van der Waals surface area contributed by atoms with Gasteiger partial charge in [0, 0.05) is 6.92 Å². The Balaban J connectivity index is 2.37. The van der Waals surface area contributed by atoms with Crippen molar-refractivity contribution < 1.29 is 19.1 Å². The van der Waals surface area contributed by atoms with Crippen molar-refractivity contribution in [2.75, 3.05) is 6.61 Å². The minimum absolute atomic E-state index is 0.176. The highest BCUT2D eigenvalue weighted by atomic mass is 16.6. The number of unbranched alkanes of at least 4 members (excludes halogenated alkanes) is 1. The highest BCUT2D eigenvalue weighted by Crippen LogP contribution is 2.04. The van der Waals surface area contributed by atoms with Gasteiger partial charge in [-0.1, -0.05) is 50.1 Å². The van der Waals surface area contributed by atoms with Crippen LogP contribution in [0.2, 0.25) is 0 Å². The van der Waals surface area contributed by atoms with E-state index < -0.39 is 6.09 Å². The van der Waals surface area contributed by atoms with E-state index in [4.69, 9.17) is 9.47 Å². The molecule has 0 heterocycles. The Morgan fingerprint density at radius 3 is 2.52 bits per heavy atom. The Morgan fingerprint density at radius 2 is 1.90 bits per heavy atom. The van der Waals surface area contributed by atoms with Gasteiger partial charge >= 0.3 is 12.1 Å². The molecule has 0 aliphatic heterocycles. The average Bonchev–Trinajstić information content (AvgIpc) is 2.49. The summed E-state index contributed by atoms with van der Waals surface area (Å²) in [6, 6.07) is 9.25. The van der Waals surface area contributed by atoms with Gasteiger partial charge in [-0.25, -0.2) is 4.79 Å². The van der Waals surface area contributed by atoms with Crippen LogP contribution in [0, 0.1) is 0 Å². The summed E-state index contributed by atoms with van der Waals surface area (Å²) in [4.78, 5) is 22.6. The fourth-order valence-electron chi connectivity index (χ4n) is 1.80. The Kier molecular flexibility index (Phi) is 7.94. The van der Waals surface area contributed by atoms with Crippen LogP contribution in [0.1, 0.15) is 38.7 Å². The van der Waals surface area contributed by atoms with Crippen LogP contribution in [0.4, 0.5) is 4.79 Å². The maximum absolute atomic E-state index is 11.8. The third-order valence-electron chi connectivity index (χ3n) is 2.93. The molecule has 1 amide bonds. The molecular weight excluding hydrogens is 270 g/mol. The number of carbonyl (C=O) groups is 2. The summed E-state index contributed by atoms with van der Waals surface area (Å²) in [5.74, 6) is -0.351. The second kappa shape index (κ2) is 9.80. The van der Waals surface area contributed by atoms with Gasteiger partial charge in [0.2, 0.25) is 0 Å². The molecule has 0 bridgehead atoms. The van der Waals surface area contributed by atoms with E-state index in [1.165, 1.54) is 6.92 Å². The lowest BCUT2D eigenvalue weighted by Gasteiger charge is -2.18. The fourth-order valence-corrected chi connectivity index (χ4v) is 1.80. The van der Waals surface area contributed by atoms with Gasteiger partial charge in [0.15, 0.2) is 0 Å². The van der Waals surface area contributed by atoms with Gasteiger partial charge in [0.1, 0.15) is 13.2 Å². The van der Waals surface area contributed by atoms with E-state index in [1.807, 2.05) is 30.3 Å². The molecule has 5 nitrogen and oxygen atoms in total. The Bertz CT molecular complexity index is 433. The number of hydrogen-bond acceptors (Lipinski definition) is 4. The number of nitrogens with one attached hydrogen (secondary N) is 1. The van der Waals surface area contributed by atoms with Crippen molar-refractivity contribution in [2.45, 2.75) is 45.8 Å². The molecule has 0 aliphatic rings. The van der Waals surface area contributed by atoms with Gasteiger partial charge in [-0.05, 0) is 12.0 Å². The summed E-state index contributed by atoms with van der Waals surface area (Å²) in [6.07, 6.45) is 2.22. The molecule has 1 N–H and O–H groups in total. The Morgan fingerprint density at radius 1 is 1.19 bits per heavy atom. The topological polar surface area (TPSA) is 64.6 Å². The van der Waals surface area contributed by atoms with E-state index in [1.54, 1.807) is 0 Å². The Hall–Kier alpha value is -2.04. The van der Waals surface area contributed by atoms with Crippen molar-refractivity contribution in [3.05, 3.63) is 35.9 Å². The fraction of sp³-hybridized carbons (Fsp3) is 0.500. The molecule has 1 atom stereocenters. The molecule has 0 radical (unpaired) electrons. The summed E-state index contributed by atoms with van der Waals surface area (Å²) in [6.45, 7) is 3.82. The van der Waals surface area contributed by atoms with Gasteiger partial charge < -0.3 is 14.8 Å². The molecule has 5 heteroatoms. The number of hydrogen-bond donors (Lipinski definition) is 1. The predicted octanol–water partition coefficient (Wildman–Crippen LogP) is 3.03. The summed E-state index contributed by atoms with van der Waals surface area (Å²) < 4.78 is 10.1. The number of carbonyl (C=O) groups excluding carboxylic acids is 2. The number of esters is 1. The number of rotatable bonds is 8. The zero-order valence-corrected chi connectivity index (χ0v) is 12.6. The van der Waals surface area contributed by atoms with Crippen molar-refractivity contribution >= 4 is 12.1 Å². The van der Waals surface area contributed by atoms with Crippen LogP contribution in [0.25, 0.3) is 0 Å². The quantitative estimate of drug-likeness (QED) is 0.748. The minimum Gasteiger partial charge on any atom is -0.464 e. The molecule has 1 unspecified atom stereocenters. The standard InChI is InChI=1S/C16H23NO4/c1-3-4-10-15(12-20-13(2)18)17-16(19)21-11-14-8-6-5-7-9-14/h5-9,15H,3-4,10-12H2,1-2H3,(H,17,19). The molecule has 0 saturated carbocycles. The van der Waals surface area contributed by atoms with Crippen LogP contribution >= 0.6 is 0 Å². The molecule has 21 heavy (non-hydrogen) atoms. The lowest BCUT2D eigenvalue weighted by atomic mass is 10.1. The first-order valence-corrected chi connectivity index (χ1v) is 7.22. The van der Waals surface area contributed by atoms with Crippen molar-refractivity contribution in [1.82, 2.24) is 5.32 Å². The first kappa shape index (κ1) is 17.0. The summed E-state index contributed by atoms with van der Waals surface area (Å²) >= 11 is 0. The summed E-state index contributed by atoms with van der Waals surface area (Å²) in [5, 5.41) is 2.74. The average molecular weight is 293 g/mol. The minimum atomic E-state index is -0.493. The highest BCUT2D eigenvalue weighted by Gasteiger charge is 2.14. The van der Waals surface area contributed by atoms with Crippen molar-refractivity contribution in [3.63, 3.8) is 0 Å². The van der Waals surface area contributed by atoms with E-state index in [0.29, 0.717) is 0 Å². The Labute approximate surface area is 125 Å². The van der Waals surface area contributed by atoms with Gasteiger partial charge in [-0.2, -0.15) is 0 Å². The van der Waals surface area contributed by atoms with Crippen molar-refractivity contribution in [1.29, 1.82) is 0 Å². The first-order chi connectivity index (χ1) is 10.1. The van der Waals surface area contributed by atoms with Gasteiger partial charge in [-0.3, -0.25) is 4.79 Å². The van der Waals surface area contributed by atoms with Crippen LogP contribution in [0.15, 0.2) is 30.3 Å². The van der Waals surface area contributed by atoms with Crippen LogP contribution in [0.5, 0.6) is 0 Å². The third kappa shape index (κ3) is 7.97.